The van der Waals surface area contributed by atoms with Crippen molar-refractivity contribution in [3.63, 3.8) is 0 Å². The summed E-state index contributed by atoms with van der Waals surface area (Å²) in [7, 11) is 0. The van der Waals surface area contributed by atoms with Crippen LogP contribution in [0.2, 0.25) is 0 Å². The molecule has 1 N–H and O–H groups in total. The molecule has 1 aromatic rings. The van der Waals surface area contributed by atoms with E-state index in [1.54, 1.807) is 25.3 Å². The number of carbonyl (C=O) groups is 1. The zero-order valence-corrected chi connectivity index (χ0v) is 8.06. The number of ether oxygens (including phenoxy) is 1. The molecular weight excluding hydrogens is 182 g/mol. The van der Waals surface area contributed by atoms with E-state index in [1.165, 1.54) is 0 Å². The number of hydrogen-bond donors (Lipinski definition) is 1. The van der Waals surface area contributed by atoms with Crippen LogP contribution in [0.15, 0.2) is 18.3 Å². The van der Waals surface area contributed by atoms with E-state index in [9.17, 15) is 9.90 Å². The summed E-state index contributed by atoms with van der Waals surface area (Å²) in [6.45, 7) is 2.14. The summed E-state index contributed by atoms with van der Waals surface area (Å²) in [5.41, 5.74) is 0.528. The van der Waals surface area contributed by atoms with Gasteiger partial charge in [-0.1, -0.05) is 0 Å². The average Bonchev–Trinajstić information content (AvgIpc) is 2.17. The Morgan fingerprint density at radius 1 is 1.64 bits per heavy atom. The zero-order valence-electron chi connectivity index (χ0n) is 8.06. The third-order valence-corrected chi connectivity index (χ3v) is 1.74. The summed E-state index contributed by atoms with van der Waals surface area (Å²) in [4.78, 5) is 14.9. The van der Waals surface area contributed by atoms with Gasteiger partial charge in [-0.15, -0.1) is 0 Å². The van der Waals surface area contributed by atoms with Gasteiger partial charge in [-0.25, -0.2) is 0 Å². The molecule has 0 atom stereocenters. The summed E-state index contributed by atoms with van der Waals surface area (Å²) in [6, 6.07) is 3.19. The van der Waals surface area contributed by atoms with Gasteiger partial charge in [0.1, 0.15) is 5.75 Å². The van der Waals surface area contributed by atoms with Gasteiger partial charge in [0.05, 0.1) is 18.7 Å². The maximum atomic E-state index is 11.0. The van der Waals surface area contributed by atoms with Crippen molar-refractivity contribution in [2.24, 2.45) is 0 Å². The Morgan fingerprint density at radius 3 is 3.07 bits per heavy atom. The molecule has 14 heavy (non-hydrogen) atoms. The second-order valence-electron chi connectivity index (χ2n) is 2.77. The molecule has 0 fully saturated rings. The number of nitrogens with zero attached hydrogens (tertiary/aromatic N) is 1. The fraction of sp³-hybridized carbons (Fsp3) is 0.400. The van der Waals surface area contributed by atoms with E-state index in [1.807, 2.05) is 0 Å². The van der Waals surface area contributed by atoms with Gasteiger partial charge < -0.3 is 9.84 Å². The molecule has 0 saturated carbocycles. The number of rotatable bonds is 4. The third kappa shape index (κ3) is 3.05. The molecule has 1 aromatic heterocycles. The van der Waals surface area contributed by atoms with Crippen LogP contribution in [-0.2, 0) is 16.0 Å². The Bertz CT molecular complexity index is 312. The summed E-state index contributed by atoms with van der Waals surface area (Å²) in [5.74, 6) is -0.144. The first-order valence-corrected chi connectivity index (χ1v) is 4.52. The molecule has 76 valence electrons. The van der Waals surface area contributed by atoms with Gasteiger partial charge >= 0.3 is 5.97 Å². The first kappa shape index (κ1) is 10.5. The second kappa shape index (κ2) is 5.21. The minimum Gasteiger partial charge on any atom is -0.506 e. The minimum atomic E-state index is -0.266. The number of carbonyl (C=O) groups excluding carboxylic acids is 1. The van der Waals surface area contributed by atoms with Gasteiger partial charge in [0, 0.05) is 12.6 Å². The van der Waals surface area contributed by atoms with E-state index in [2.05, 4.69) is 4.98 Å². The lowest BCUT2D eigenvalue weighted by Gasteiger charge is -2.02. The van der Waals surface area contributed by atoms with E-state index in [0.29, 0.717) is 18.7 Å². The average molecular weight is 195 g/mol. The number of aromatic nitrogens is 1. The van der Waals surface area contributed by atoms with Crippen molar-refractivity contribution in [2.45, 2.75) is 19.8 Å². The molecule has 0 radical (unpaired) electrons. The summed E-state index contributed by atoms with van der Waals surface area (Å²) in [6.07, 6.45) is 2.24. The predicted molar refractivity (Wildman–Crippen MR) is 50.9 cm³/mol. The number of pyridine rings is 1. The van der Waals surface area contributed by atoms with Gasteiger partial charge in [-0.05, 0) is 19.1 Å². The molecule has 0 aliphatic heterocycles. The molecule has 0 saturated heterocycles. The quantitative estimate of drug-likeness (QED) is 0.735. The molecule has 4 nitrogen and oxygen atoms in total. The van der Waals surface area contributed by atoms with Crippen molar-refractivity contribution in [1.82, 2.24) is 4.98 Å². The highest BCUT2D eigenvalue weighted by molar-refractivity contribution is 5.69. The SMILES string of the molecule is CCOC(=O)CCc1ncccc1O. The molecule has 0 aliphatic carbocycles. The second-order valence-corrected chi connectivity index (χ2v) is 2.77. The van der Waals surface area contributed by atoms with Crippen molar-refractivity contribution >= 4 is 5.97 Å². The molecule has 0 amide bonds. The van der Waals surface area contributed by atoms with E-state index in [-0.39, 0.29) is 18.1 Å². The lowest BCUT2D eigenvalue weighted by molar-refractivity contribution is -0.143. The number of aromatic hydroxyl groups is 1. The molecule has 0 spiro atoms. The standard InChI is InChI=1S/C10H13NO3/c1-2-14-10(13)6-5-8-9(12)4-3-7-11-8/h3-4,7,12H,2,5-6H2,1H3. The maximum Gasteiger partial charge on any atom is 0.306 e. The van der Waals surface area contributed by atoms with Crippen LogP contribution in [0.3, 0.4) is 0 Å². The highest BCUT2D eigenvalue weighted by Crippen LogP contribution is 2.14. The smallest absolute Gasteiger partial charge is 0.306 e. The molecule has 0 aliphatic rings. The Hall–Kier alpha value is -1.58. The van der Waals surface area contributed by atoms with Crippen LogP contribution in [0.5, 0.6) is 5.75 Å². The van der Waals surface area contributed by atoms with Gasteiger partial charge in [0.2, 0.25) is 0 Å². The van der Waals surface area contributed by atoms with Crippen molar-refractivity contribution in [1.29, 1.82) is 0 Å². The van der Waals surface area contributed by atoms with E-state index in [0.717, 1.165) is 0 Å². The Balaban J connectivity index is 2.46. The normalized spacial score (nSPS) is 9.79. The van der Waals surface area contributed by atoms with Gasteiger partial charge in [0.15, 0.2) is 0 Å². The van der Waals surface area contributed by atoms with Crippen LogP contribution in [-0.4, -0.2) is 22.7 Å². The summed E-state index contributed by atoms with van der Waals surface area (Å²) >= 11 is 0. The third-order valence-electron chi connectivity index (χ3n) is 1.74. The minimum absolute atomic E-state index is 0.122. The highest BCUT2D eigenvalue weighted by Gasteiger charge is 2.06. The Morgan fingerprint density at radius 2 is 2.43 bits per heavy atom. The molecule has 0 unspecified atom stereocenters. The number of hydrogen-bond acceptors (Lipinski definition) is 4. The fourth-order valence-electron chi connectivity index (χ4n) is 1.08. The lowest BCUT2D eigenvalue weighted by Crippen LogP contribution is -2.05. The van der Waals surface area contributed by atoms with Crippen molar-refractivity contribution in [3.05, 3.63) is 24.0 Å². The first-order chi connectivity index (χ1) is 6.74. The van der Waals surface area contributed by atoms with E-state index in [4.69, 9.17) is 4.74 Å². The van der Waals surface area contributed by atoms with E-state index < -0.39 is 0 Å². The first-order valence-electron chi connectivity index (χ1n) is 4.52. The number of esters is 1. The zero-order chi connectivity index (χ0) is 10.4. The highest BCUT2D eigenvalue weighted by atomic mass is 16.5. The maximum absolute atomic E-state index is 11.0. The molecule has 1 rings (SSSR count). The van der Waals surface area contributed by atoms with Crippen LogP contribution in [0.1, 0.15) is 19.0 Å². The lowest BCUT2D eigenvalue weighted by atomic mass is 10.2. The van der Waals surface area contributed by atoms with Gasteiger partial charge in [-0.2, -0.15) is 0 Å². The van der Waals surface area contributed by atoms with Crippen LogP contribution in [0.25, 0.3) is 0 Å². The monoisotopic (exact) mass is 195 g/mol. The number of aryl methyl sites for hydroxylation is 1. The van der Waals surface area contributed by atoms with Gasteiger partial charge in [-0.3, -0.25) is 9.78 Å². The predicted octanol–water partition coefficient (Wildman–Crippen LogP) is 1.28. The van der Waals surface area contributed by atoms with Crippen molar-refractivity contribution in [3.8, 4) is 5.75 Å². The van der Waals surface area contributed by atoms with Crippen LogP contribution >= 0.6 is 0 Å². The molecule has 4 heteroatoms. The Kier molecular flexibility index (Phi) is 3.91. The van der Waals surface area contributed by atoms with E-state index >= 15 is 0 Å². The van der Waals surface area contributed by atoms with Crippen molar-refractivity contribution < 1.29 is 14.6 Å². The summed E-state index contributed by atoms with van der Waals surface area (Å²) in [5, 5.41) is 9.34. The topological polar surface area (TPSA) is 59.4 Å². The van der Waals surface area contributed by atoms with Crippen LogP contribution in [0, 0.1) is 0 Å². The molecule has 1 heterocycles. The molecule has 0 bridgehead atoms. The van der Waals surface area contributed by atoms with Crippen LogP contribution in [0.4, 0.5) is 0 Å². The Labute approximate surface area is 82.5 Å². The molecule has 0 aromatic carbocycles. The largest absolute Gasteiger partial charge is 0.506 e. The fourth-order valence-corrected chi connectivity index (χ4v) is 1.08. The summed E-state index contributed by atoms with van der Waals surface area (Å²) < 4.78 is 4.76. The van der Waals surface area contributed by atoms with Crippen molar-refractivity contribution in [2.75, 3.05) is 6.61 Å². The molecular formula is C10H13NO3. The van der Waals surface area contributed by atoms with Crippen LogP contribution < -0.4 is 0 Å². The van der Waals surface area contributed by atoms with Gasteiger partial charge in [0.25, 0.3) is 0 Å².